The monoisotopic (exact) mass is 259 g/mol. The number of aromatic nitrogens is 1. The number of fused-ring (bicyclic) bond motifs is 1. The number of pyridine rings is 1. The lowest BCUT2D eigenvalue weighted by Crippen LogP contribution is -1.97. The number of ether oxygens (including phenoxy) is 1. The maximum absolute atomic E-state index is 13.0. The molecule has 4 heteroatoms. The van der Waals surface area contributed by atoms with Crippen LogP contribution in [0.3, 0.4) is 0 Å². The first kappa shape index (κ1) is 11.2. The Kier molecular flexibility index (Phi) is 2.94. The van der Waals surface area contributed by atoms with Gasteiger partial charge in [0, 0.05) is 21.8 Å². The summed E-state index contributed by atoms with van der Waals surface area (Å²) in [7, 11) is 0. The summed E-state index contributed by atoms with van der Waals surface area (Å²) in [6.07, 6.45) is 2.79. The molecule has 0 aliphatic heterocycles. The Morgan fingerprint density at radius 2 is 2.17 bits per heavy atom. The van der Waals surface area contributed by atoms with E-state index in [1.165, 1.54) is 17.0 Å². The average molecular weight is 259 g/mol. The third-order valence-electron chi connectivity index (χ3n) is 2.61. The van der Waals surface area contributed by atoms with E-state index in [2.05, 4.69) is 11.1 Å². The third-order valence-corrected chi connectivity index (χ3v) is 3.49. The Morgan fingerprint density at radius 3 is 3.06 bits per heavy atom. The van der Waals surface area contributed by atoms with E-state index in [1.54, 1.807) is 17.5 Å². The summed E-state index contributed by atoms with van der Waals surface area (Å²) in [5, 5.41) is 3.12. The predicted molar refractivity (Wildman–Crippen MR) is 70.4 cm³/mol. The fourth-order valence-corrected chi connectivity index (χ4v) is 2.59. The summed E-state index contributed by atoms with van der Waals surface area (Å²) in [5.74, 6) is 0.475. The molecule has 0 bridgehead atoms. The molecule has 2 aromatic heterocycles. The van der Waals surface area contributed by atoms with Crippen LogP contribution >= 0.6 is 11.3 Å². The van der Waals surface area contributed by atoms with Crippen molar-refractivity contribution >= 4 is 21.4 Å². The lowest BCUT2D eigenvalue weighted by molar-refractivity contribution is 0.309. The van der Waals surface area contributed by atoms with Gasteiger partial charge in [0.1, 0.15) is 18.2 Å². The van der Waals surface area contributed by atoms with Gasteiger partial charge in [-0.25, -0.2) is 4.39 Å². The van der Waals surface area contributed by atoms with E-state index < -0.39 is 0 Å². The maximum atomic E-state index is 13.0. The van der Waals surface area contributed by atoms with Crippen molar-refractivity contribution in [3.05, 3.63) is 59.5 Å². The fourth-order valence-electron chi connectivity index (χ4n) is 1.79. The first-order valence-corrected chi connectivity index (χ1v) is 6.39. The van der Waals surface area contributed by atoms with E-state index in [0.717, 1.165) is 16.7 Å². The fraction of sp³-hybridized carbons (Fsp3) is 0.0714. The van der Waals surface area contributed by atoms with E-state index >= 15 is 0 Å². The number of hydrogen-bond acceptors (Lipinski definition) is 3. The smallest absolute Gasteiger partial charge is 0.141 e. The normalized spacial score (nSPS) is 10.7. The van der Waals surface area contributed by atoms with Crippen LogP contribution in [0.1, 0.15) is 5.56 Å². The molecule has 90 valence electrons. The zero-order valence-electron chi connectivity index (χ0n) is 9.47. The SMILES string of the molecule is Fc1cncc(COc2cccc3sccc23)c1. The van der Waals surface area contributed by atoms with Gasteiger partial charge in [0.25, 0.3) is 0 Å². The van der Waals surface area contributed by atoms with Gasteiger partial charge < -0.3 is 4.74 Å². The van der Waals surface area contributed by atoms with Crippen LogP contribution in [-0.4, -0.2) is 4.98 Å². The van der Waals surface area contributed by atoms with Gasteiger partial charge in [-0.1, -0.05) is 6.07 Å². The second-order valence-electron chi connectivity index (χ2n) is 3.89. The molecule has 0 aliphatic carbocycles. The molecule has 3 aromatic rings. The van der Waals surface area contributed by atoms with E-state index in [0.29, 0.717) is 6.61 Å². The Bertz CT molecular complexity index is 680. The minimum absolute atomic E-state index is 0.319. The molecular formula is C14H10FNOS. The Labute approximate surface area is 108 Å². The number of nitrogens with zero attached hydrogens (tertiary/aromatic N) is 1. The van der Waals surface area contributed by atoms with Crippen molar-refractivity contribution in [2.75, 3.05) is 0 Å². The highest BCUT2D eigenvalue weighted by Gasteiger charge is 2.03. The first-order chi connectivity index (χ1) is 8.83. The van der Waals surface area contributed by atoms with Crippen LogP contribution in [0.2, 0.25) is 0 Å². The van der Waals surface area contributed by atoms with Crippen LogP contribution in [0.5, 0.6) is 5.75 Å². The number of thiophene rings is 1. The Balaban J connectivity index is 1.83. The van der Waals surface area contributed by atoms with Gasteiger partial charge >= 0.3 is 0 Å². The summed E-state index contributed by atoms with van der Waals surface area (Å²) >= 11 is 1.67. The molecule has 0 radical (unpaired) electrons. The van der Waals surface area contributed by atoms with E-state index in [1.807, 2.05) is 23.6 Å². The minimum Gasteiger partial charge on any atom is -0.488 e. The molecule has 0 fully saturated rings. The van der Waals surface area contributed by atoms with Crippen molar-refractivity contribution in [3.8, 4) is 5.75 Å². The number of rotatable bonds is 3. The Hall–Kier alpha value is -1.94. The van der Waals surface area contributed by atoms with Gasteiger partial charge in [0.05, 0.1) is 6.20 Å². The second-order valence-corrected chi connectivity index (χ2v) is 4.84. The average Bonchev–Trinajstić information content (AvgIpc) is 2.85. The first-order valence-electron chi connectivity index (χ1n) is 5.51. The molecule has 0 atom stereocenters. The van der Waals surface area contributed by atoms with Gasteiger partial charge in [-0.05, 0) is 29.6 Å². The molecule has 0 amide bonds. The molecule has 18 heavy (non-hydrogen) atoms. The van der Waals surface area contributed by atoms with Gasteiger partial charge in [0.2, 0.25) is 0 Å². The van der Waals surface area contributed by atoms with Gasteiger partial charge in [-0.15, -0.1) is 11.3 Å². The number of hydrogen-bond donors (Lipinski definition) is 0. The van der Waals surface area contributed by atoms with Crippen LogP contribution in [0.15, 0.2) is 48.1 Å². The van der Waals surface area contributed by atoms with Crippen molar-refractivity contribution < 1.29 is 9.13 Å². The summed E-state index contributed by atoms with van der Waals surface area (Å²) in [6.45, 7) is 0.319. The third kappa shape index (κ3) is 2.19. The molecule has 0 N–H and O–H groups in total. The van der Waals surface area contributed by atoms with Crippen molar-refractivity contribution in [1.29, 1.82) is 0 Å². The van der Waals surface area contributed by atoms with Crippen molar-refractivity contribution in [2.45, 2.75) is 6.61 Å². The molecule has 0 saturated carbocycles. The summed E-state index contributed by atoms with van der Waals surface area (Å²) in [5.41, 5.74) is 0.724. The van der Waals surface area contributed by atoms with Crippen molar-refractivity contribution in [2.24, 2.45) is 0 Å². The Morgan fingerprint density at radius 1 is 1.22 bits per heavy atom. The van der Waals surface area contributed by atoms with Crippen LogP contribution < -0.4 is 4.74 Å². The zero-order valence-corrected chi connectivity index (χ0v) is 10.3. The maximum Gasteiger partial charge on any atom is 0.141 e. The lowest BCUT2D eigenvalue weighted by Gasteiger charge is -2.07. The second kappa shape index (κ2) is 4.74. The molecule has 0 saturated heterocycles. The summed E-state index contributed by atoms with van der Waals surface area (Å²) < 4.78 is 19.9. The van der Waals surface area contributed by atoms with Gasteiger partial charge in [-0.2, -0.15) is 0 Å². The van der Waals surface area contributed by atoms with Gasteiger partial charge in [-0.3, -0.25) is 4.98 Å². The van der Waals surface area contributed by atoms with Crippen LogP contribution in [0.25, 0.3) is 10.1 Å². The van der Waals surface area contributed by atoms with Gasteiger partial charge in [0.15, 0.2) is 0 Å². The van der Waals surface area contributed by atoms with Crippen LogP contribution in [0, 0.1) is 5.82 Å². The largest absolute Gasteiger partial charge is 0.488 e. The van der Waals surface area contributed by atoms with E-state index in [-0.39, 0.29) is 5.82 Å². The topological polar surface area (TPSA) is 22.1 Å². The predicted octanol–water partition coefficient (Wildman–Crippen LogP) is 4.01. The standard InChI is InChI=1S/C14H10FNOS/c15-11-6-10(7-16-8-11)9-17-13-2-1-3-14-12(13)4-5-18-14/h1-8H,9H2. The minimum atomic E-state index is -0.343. The molecule has 2 nitrogen and oxygen atoms in total. The number of benzene rings is 1. The van der Waals surface area contributed by atoms with Crippen molar-refractivity contribution in [3.63, 3.8) is 0 Å². The highest BCUT2D eigenvalue weighted by atomic mass is 32.1. The van der Waals surface area contributed by atoms with E-state index in [4.69, 9.17) is 4.74 Å². The highest BCUT2D eigenvalue weighted by molar-refractivity contribution is 7.17. The molecule has 0 aliphatic rings. The van der Waals surface area contributed by atoms with E-state index in [9.17, 15) is 4.39 Å². The van der Waals surface area contributed by atoms with Crippen molar-refractivity contribution in [1.82, 2.24) is 4.98 Å². The highest BCUT2D eigenvalue weighted by Crippen LogP contribution is 2.29. The lowest BCUT2D eigenvalue weighted by atomic mass is 10.2. The molecular weight excluding hydrogens is 249 g/mol. The molecule has 0 spiro atoms. The molecule has 0 unspecified atom stereocenters. The summed E-state index contributed by atoms with van der Waals surface area (Å²) in [6, 6.07) is 9.39. The van der Waals surface area contributed by atoms with Crippen LogP contribution in [0.4, 0.5) is 4.39 Å². The molecule has 1 aromatic carbocycles. The van der Waals surface area contributed by atoms with Crippen LogP contribution in [-0.2, 0) is 6.61 Å². The molecule has 2 heterocycles. The molecule has 3 rings (SSSR count). The quantitative estimate of drug-likeness (QED) is 0.709. The number of halogens is 1. The summed E-state index contributed by atoms with van der Waals surface area (Å²) in [4.78, 5) is 3.80. The zero-order chi connectivity index (χ0) is 12.4.